The highest BCUT2D eigenvalue weighted by molar-refractivity contribution is 9.10. The molecule has 158 valence electrons. The maximum atomic E-state index is 12.8. The largest absolute Gasteiger partial charge is 0.506 e. The molecule has 1 heterocycles. The number of rotatable bonds is 7. The van der Waals surface area contributed by atoms with Crippen molar-refractivity contribution in [1.29, 1.82) is 0 Å². The van der Waals surface area contributed by atoms with Crippen molar-refractivity contribution in [1.82, 2.24) is 9.71 Å². The average Bonchev–Trinajstić information content (AvgIpc) is 3.32. The molecule has 8 nitrogen and oxygen atoms in total. The van der Waals surface area contributed by atoms with E-state index in [1.807, 2.05) is 18.2 Å². The number of hydrogen-bond acceptors (Lipinski definition) is 7. The Hall–Kier alpha value is -1.99. The van der Waals surface area contributed by atoms with Crippen LogP contribution in [0.25, 0.3) is 10.6 Å². The van der Waals surface area contributed by atoms with Crippen LogP contribution in [0.3, 0.4) is 0 Å². The number of nitrogens with zero attached hydrogens (tertiary/aromatic N) is 1. The fraction of sp³-hybridized carbons (Fsp3) is 0.167. The maximum Gasteiger partial charge on any atom is 0.273 e. The Morgan fingerprint density at radius 2 is 1.83 bits per heavy atom. The Morgan fingerprint density at radius 1 is 1.07 bits per heavy atom. The lowest BCUT2D eigenvalue weighted by Gasteiger charge is -2.11. The number of halogens is 1. The summed E-state index contributed by atoms with van der Waals surface area (Å²) in [6, 6.07) is 10.6. The summed E-state index contributed by atoms with van der Waals surface area (Å²) in [5, 5.41) is 10.6. The normalized spacial score (nSPS) is 14.6. The molecule has 1 aliphatic rings. The molecule has 3 aromatic rings. The Bertz CT molecular complexity index is 1320. The molecule has 12 heteroatoms. The second kappa shape index (κ2) is 7.93. The van der Waals surface area contributed by atoms with Gasteiger partial charge in [0.15, 0.2) is 4.21 Å². The van der Waals surface area contributed by atoms with Gasteiger partial charge in [-0.15, -0.1) is 11.3 Å². The summed E-state index contributed by atoms with van der Waals surface area (Å²) in [5.74, 6) is -0.388. The van der Waals surface area contributed by atoms with Gasteiger partial charge in [0.25, 0.3) is 10.0 Å². The first-order chi connectivity index (χ1) is 14.1. The van der Waals surface area contributed by atoms with Gasteiger partial charge in [-0.3, -0.25) is 4.72 Å². The van der Waals surface area contributed by atoms with Crippen LogP contribution in [-0.4, -0.2) is 33.0 Å². The quantitative estimate of drug-likeness (QED) is 0.402. The number of thiazole rings is 1. The molecule has 0 aliphatic heterocycles. The average molecular weight is 530 g/mol. The van der Waals surface area contributed by atoms with E-state index in [9.17, 15) is 21.9 Å². The first-order valence-electron chi connectivity index (χ1n) is 8.74. The van der Waals surface area contributed by atoms with Crippen LogP contribution in [-0.2, 0) is 20.0 Å². The first kappa shape index (κ1) is 21.2. The van der Waals surface area contributed by atoms with Crippen molar-refractivity contribution in [2.45, 2.75) is 28.0 Å². The predicted octanol–water partition coefficient (Wildman–Crippen LogP) is 3.52. The Balaban J connectivity index is 1.61. The molecule has 0 unspecified atom stereocenters. The summed E-state index contributed by atoms with van der Waals surface area (Å²) >= 11 is 4.32. The van der Waals surface area contributed by atoms with E-state index in [2.05, 4.69) is 30.4 Å². The second-order valence-electron chi connectivity index (χ2n) is 6.67. The van der Waals surface area contributed by atoms with Gasteiger partial charge in [0.2, 0.25) is 10.0 Å². The van der Waals surface area contributed by atoms with E-state index in [1.54, 1.807) is 6.07 Å². The topological polar surface area (TPSA) is 125 Å². The number of aromatic nitrogens is 1. The van der Waals surface area contributed by atoms with Crippen molar-refractivity contribution in [2.24, 2.45) is 0 Å². The summed E-state index contributed by atoms with van der Waals surface area (Å²) in [4.78, 5) is 4.03. The van der Waals surface area contributed by atoms with Crippen LogP contribution in [0.15, 0.2) is 62.2 Å². The lowest BCUT2D eigenvalue weighted by atomic mass is 10.2. The highest BCUT2D eigenvalue weighted by atomic mass is 79.9. The molecule has 3 N–H and O–H groups in total. The van der Waals surface area contributed by atoms with Gasteiger partial charge in [-0.05, 0) is 43.2 Å². The van der Waals surface area contributed by atoms with Crippen LogP contribution in [0.1, 0.15) is 12.8 Å². The lowest BCUT2D eigenvalue weighted by Crippen LogP contribution is -2.25. The number of aromatic hydroxyl groups is 1. The molecule has 0 amide bonds. The fourth-order valence-electron chi connectivity index (χ4n) is 2.59. The number of sulfonamides is 2. The lowest BCUT2D eigenvalue weighted by molar-refractivity contribution is 0.477. The van der Waals surface area contributed by atoms with Crippen LogP contribution in [0, 0.1) is 0 Å². The molecular weight excluding hydrogens is 514 g/mol. The second-order valence-corrected chi connectivity index (χ2v) is 12.2. The maximum absolute atomic E-state index is 12.8. The number of nitrogens with one attached hydrogen (secondary N) is 2. The van der Waals surface area contributed by atoms with E-state index in [1.165, 1.54) is 12.3 Å². The molecule has 30 heavy (non-hydrogen) atoms. The van der Waals surface area contributed by atoms with Crippen molar-refractivity contribution < 1.29 is 21.9 Å². The molecular formula is C18H16BrN3O5S3. The van der Waals surface area contributed by atoms with Gasteiger partial charge in [-0.2, -0.15) is 0 Å². The van der Waals surface area contributed by atoms with Crippen molar-refractivity contribution in [2.75, 3.05) is 4.72 Å². The summed E-state index contributed by atoms with van der Waals surface area (Å²) in [7, 11) is -7.89. The third-order valence-corrected chi connectivity index (χ3v) is 9.13. The van der Waals surface area contributed by atoms with Crippen molar-refractivity contribution in [3.8, 4) is 16.3 Å². The van der Waals surface area contributed by atoms with Crippen LogP contribution in [0.2, 0.25) is 0 Å². The van der Waals surface area contributed by atoms with Gasteiger partial charge in [-0.1, -0.05) is 28.1 Å². The van der Waals surface area contributed by atoms with E-state index in [-0.39, 0.29) is 26.6 Å². The van der Waals surface area contributed by atoms with Crippen LogP contribution in [0.4, 0.5) is 5.69 Å². The standard InChI is InChI=1S/C18H16BrN3O5S3/c19-12-3-1-2-11(8-12)18-20-10-17(28-18)30(26,27)22-15-9-14(6-7-16(15)23)29(24,25)21-13-4-5-13/h1-3,6-10,13,21-23H,4-5H2. The third-order valence-electron chi connectivity index (χ3n) is 4.24. The molecule has 1 aliphatic carbocycles. The van der Waals surface area contributed by atoms with Crippen LogP contribution >= 0.6 is 27.3 Å². The summed E-state index contributed by atoms with van der Waals surface area (Å²) in [6.45, 7) is 0. The van der Waals surface area contributed by atoms with Gasteiger partial charge in [-0.25, -0.2) is 26.5 Å². The van der Waals surface area contributed by atoms with Crippen LogP contribution < -0.4 is 9.44 Å². The van der Waals surface area contributed by atoms with E-state index >= 15 is 0 Å². The number of phenols is 1. The van der Waals surface area contributed by atoms with Gasteiger partial charge in [0.1, 0.15) is 10.8 Å². The van der Waals surface area contributed by atoms with E-state index in [0.29, 0.717) is 5.01 Å². The highest BCUT2D eigenvalue weighted by Gasteiger charge is 2.29. The van der Waals surface area contributed by atoms with Crippen LogP contribution in [0.5, 0.6) is 5.75 Å². The minimum atomic E-state index is -4.09. The Kier molecular flexibility index (Phi) is 5.62. The minimum absolute atomic E-state index is 0.0683. The molecule has 0 bridgehead atoms. The third kappa shape index (κ3) is 4.67. The molecule has 0 atom stereocenters. The zero-order chi connectivity index (χ0) is 21.5. The van der Waals surface area contributed by atoms with Gasteiger partial charge in [0, 0.05) is 16.1 Å². The number of benzene rings is 2. The van der Waals surface area contributed by atoms with Gasteiger partial charge in [0.05, 0.1) is 16.8 Å². The zero-order valence-corrected chi connectivity index (χ0v) is 19.3. The van der Waals surface area contributed by atoms with Crippen molar-refractivity contribution in [3.05, 3.63) is 53.1 Å². The van der Waals surface area contributed by atoms with E-state index in [0.717, 1.165) is 46.3 Å². The number of anilines is 1. The molecule has 4 rings (SSSR count). The molecule has 0 saturated heterocycles. The van der Waals surface area contributed by atoms with E-state index < -0.39 is 20.0 Å². The summed E-state index contributed by atoms with van der Waals surface area (Å²) in [5.41, 5.74) is 0.518. The summed E-state index contributed by atoms with van der Waals surface area (Å²) < 4.78 is 55.9. The van der Waals surface area contributed by atoms with Gasteiger partial charge >= 0.3 is 0 Å². The predicted molar refractivity (Wildman–Crippen MR) is 118 cm³/mol. The molecule has 0 radical (unpaired) electrons. The number of hydrogen-bond donors (Lipinski definition) is 3. The van der Waals surface area contributed by atoms with Crippen molar-refractivity contribution >= 4 is 53.0 Å². The first-order valence-corrected chi connectivity index (χ1v) is 13.3. The SMILES string of the molecule is O=S(=O)(NC1CC1)c1ccc(O)c(NS(=O)(=O)c2cnc(-c3cccc(Br)c3)s2)c1. The molecule has 1 saturated carbocycles. The smallest absolute Gasteiger partial charge is 0.273 e. The van der Waals surface area contributed by atoms with Gasteiger partial charge < -0.3 is 5.11 Å². The molecule has 0 spiro atoms. The van der Waals surface area contributed by atoms with Crippen molar-refractivity contribution in [3.63, 3.8) is 0 Å². The summed E-state index contributed by atoms with van der Waals surface area (Å²) in [6.07, 6.45) is 2.75. The molecule has 1 fully saturated rings. The zero-order valence-electron chi connectivity index (χ0n) is 15.2. The Morgan fingerprint density at radius 3 is 2.53 bits per heavy atom. The fourth-order valence-corrected chi connectivity index (χ4v) is 6.51. The molecule has 1 aromatic heterocycles. The highest BCUT2D eigenvalue weighted by Crippen LogP contribution is 2.33. The monoisotopic (exact) mass is 529 g/mol. The number of phenolic OH excluding ortho intramolecular Hbond substituents is 1. The van der Waals surface area contributed by atoms with E-state index in [4.69, 9.17) is 0 Å². The minimum Gasteiger partial charge on any atom is -0.506 e. The molecule has 2 aromatic carbocycles. The Labute approximate surface area is 186 Å².